The molecule has 2 rings (SSSR count). The zero-order valence-corrected chi connectivity index (χ0v) is 12.5. The Morgan fingerprint density at radius 2 is 2.16 bits per heavy atom. The van der Waals surface area contributed by atoms with Gasteiger partial charge in [0.25, 0.3) is 0 Å². The fourth-order valence-electron chi connectivity index (χ4n) is 2.34. The van der Waals surface area contributed by atoms with Gasteiger partial charge in [-0.3, -0.25) is 9.59 Å². The van der Waals surface area contributed by atoms with Crippen molar-refractivity contribution < 1.29 is 14.7 Å². The molecule has 19 heavy (non-hydrogen) atoms. The lowest BCUT2D eigenvalue weighted by Crippen LogP contribution is -2.27. The fraction of sp³-hybridized carbons (Fsp3) is 0.429. The first-order valence-electron chi connectivity index (χ1n) is 6.22. The van der Waals surface area contributed by atoms with Crippen molar-refractivity contribution in [3.8, 4) is 0 Å². The van der Waals surface area contributed by atoms with Crippen molar-refractivity contribution >= 4 is 33.5 Å². The van der Waals surface area contributed by atoms with E-state index >= 15 is 0 Å². The van der Waals surface area contributed by atoms with Gasteiger partial charge in [0.1, 0.15) is 0 Å². The van der Waals surface area contributed by atoms with Crippen molar-refractivity contribution in [3.63, 3.8) is 0 Å². The number of aliphatic carboxylic acids is 1. The van der Waals surface area contributed by atoms with E-state index in [4.69, 9.17) is 5.11 Å². The van der Waals surface area contributed by atoms with E-state index in [1.165, 1.54) is 0 Å². The third-order valence-corrected chi connectivity index (χ3v) is 3.87. The monoisotopic (exact) mass is 325 g/mol. The molecule has 102 valence electrons. The molecule has 1 aromatic carbocycles. The highest BCUT2D eigenvalue weighted by Crippen LogP contribution is 2.34. The molecule has 5 heteroatoms. The summed E-state index contributed by atoms with van der Waals surface area (Å²) in [5, 5.41) is 9.03. The van der Waals surface area contributed by atoms with E-state index in [0.29, 0.717) is 0 Å². The quantitative estimate of drug-likeness (QED) is 0.929. The van der Waals surface area contributed by atoms with E-state index in [-0.39, 0.29) is 24.8 Å². The topological polar surface area (TPSA) is 57.6 Å². The Balaban J connectivity index is 2.37. The molecule has 0 radical (unpaired) electrons. The summed E-state index contributed by atoms with van der Waals surface area (Å²) in [7, 11) is 0. The van der Waals surface area contributed by atoms with Crippen LogP contribution in [0.1, 0.15) is 31.7 Å². The maximum atomic E-state index is 12.0. The SMILES string of the molecule is CC(C)c1cc(Br)ccc1N1CC(C(=O)O)CC1=O. The fourth-order valence-corrected chi connectivity index (χ4v) is 2.72. The maximum Gasteiger partial charge on any atom is 0.308 e. The van der Waals surface area contributed by atoms with Crippen LogP contribution in [0.25, 0.3) is 0 Å². The summed E-state index contributed by atoms with van der Waals surface area (Å²) in [6, 6.07) is 5.74. The zero-order chi connectivity index (χ0) is 14.2. The molecule has 1 atom stereocenters. The molecule has 4 nitrogen and oxygen atoms in total. The summed E-state index contributed by atoms with van der Waals surface area (Å²) < 4.78 is 0.960. The molecule has 0 aromatic heterocycles. The molecule has 1 saturated heterocycles. The number of nitrogens with zero attached hydrogens (tertiary/aromatic N) is 1. The molecule has 1 unspecified atom stereocenters. The number of halogens is 1. The van der Waals surface area contributed by atoms with E-state index in [0.717, 1.165) is 15.7 Å². The lowest BCUT2D eigenvalue weighted by Gasteiger charge is -2.22. The Bertz CT molecular complexity index is 527. The van der Waals surface area contributed by atoms with Gasteiger partial charge in [-0.2, -0.15) is 0 Å². The number of benzene rings is 1. The predicted octanol–water partition coefficient (Wildman–Crippen LogP) is 3.01. The highest BCUT2D eigenvalue weighted by Gasteiger charge is 2.36. The van der Waals surface area contributed by atoms with Gasteiger partial charge < -0.3 is 10.0 Å². The van der Waals surface area contributed by atoms with Gasteiger partial charge in [-0.1, -0.05) is 29.8 Å². The molecule has 1 aliphatic heterocycles. The molecular weight excluding hydrogens is 310 g/mol. The molecule has 1 heterocycles. The number of carboxylic acids is 1. The van der Waals surface area contributed by atoms with Crippen LogP contribution in [0.5, 0.6) is 0 Å². The van der Waals surface area contributed by atoms with Crippen molar-refractivity contribution in [1.82, 2.24) is 0 Å². The second-order valence-electron chi connectivity index (χ2n) is 5.10. The molecule has 1 N–H and O–H groups in total. The second kappa shape index (κ2) is 5.33. The van der Waals surface area contributed by atoms with E-state index in [9.17, 15) is 9.59 Å². The Labute approximate surface area is 120 Å². The van der Waals surface area contributed by atoms with E-state index in [1.54, 1.807) is 4.90 Å². The Hall–Kier alpha value is -1.36. The molecule has 0 spiro atoms. The first-order chi connectivity index (χ1) is 8.90. The normalized spacial score (nSPS) is 19.3. The largest absolute Gasteiger partial charge is 0.481 e. The average Bonchev–Trinajstić information content (AvgIpc) is 2.71. The number of carboxylic acid groups (broad SMARTS) is 1. The average molecular weight is 326 g/mol. The number of amides is 1. The third-order valence-electron chi connectivity index (χ3n) is 3.38. The van der Waals surface area contributed by atoms with Crippen LogP contribution in [-0.4, -0.2) is 23.5 Å². The molecule has 0 aliphatic carbocycles. The number of hydrogen-bond acceptors (Lipinski definition) is 2. The van der Waals surface area contributed by atoms with Crippen LogP contribution in [0.2, 0.25) is 0 Å². The van der Waals surface area contributed by atoms with Crippen LogP contribution < -0.4 is 4.90 Å². The number of hydrogen-bond donors (Lipinski definition) is 1. The second-order valence-corrected chi connectivity index (χ2v) is 6.02. The minimum absolute atomic E-state index is 0.0862. The lowest BCUT2D eigenvalue weighted by molar-refractivity contribution is -0.141. The molecule has 1 fully saturated rings. The van der Waals surface area contributed by atoms with Gasteiger partial charge in [-0.05, 0) is 29.7 Å². The number of carbonyl (C=O) groups is 2. The molecule has 1 amide bonds. The van der Waals surface area contributed by atoms with Gasteiger partial charge in [-0.15, -0.1) is 0 Å². The van der Waals surface area contributed by atoms with Crippen molar-refractivity contribution in [1.29, 1.82) is 0 Å². The van der Waals surface area contributed by atoms with Crippen LogP contribution in [-0.2, 0) is 9.59 Å². The zero-order valence-electron chi connectivity index (χ0n) is 10.9. The predicted molar refractivity (Wildman–Crippen MR) is 76.3 cm³/mol. The summed E-state index contributed by atoms with van der Waals surface area (Å²) in [6.45, 7) is 4.37. The van der Waals surface area contributed by atoms with Gasteiger partial charge in [0.2, 0.25) is 5.91 Å². The molecule has 1 aromatic rings. The summed E-state index contributed by atoms with van der Waals surface area (Å²) in [4.78, 5) is 24.6. The first kappa shape index (κ1) is 14.1. The van der Waals surface area contributed by atoms with E-state index < -0.39 is 11.9 Å². The summed E-state index contributed by atoms with van der Waals surface area (Å²) in [6.07, 6.45) is 0.0862. The van der Waals surface area contributed by atoms with Crippen molar-refractivity contribution in [2.45, 2.75) is 26.2 Å². The third kappa shape index (κ3) is 2.81. The van der Waals surface area contributed by atoms with Crippen molar-refractivity contribution in [3.05, 3.63) is 28.2 Å². The van der Waals surface area contributed by atoms with Gasteiger partial charge >= 0.3 is 5.97 Å². The first-order valence-corrected chi connectivity index (χ1v) is 7.02. The van der Waals surface area contributed by atoms with Crippen molar-refractivity contribution in [2.75, 3.05) is 11.4 Å². The Kier molecular flexibility index (Phi) is 3.94. The lowest BCUT2D eigenvalue weighted by atomic mass is 10.0. The minimum atomic E-state index is -0.904. The number of rotatable bonds is 3. The van der Waals surface area contributed by atoms with Crippen molar-refractivity contribution in [2.24, 2.45) is 5.92 Å². The Morgan fingerprint density at radius 1 is 1.47 bits per heavy atom. The van der Waals surface area contributed by atoms with Crippen LogP contribution in [0, 0.1) is 5.92 Å². The summed E-state index contributed by atoms with van der Waals surface area (Å²) >= 11 is 3.43. The molecule has 0 bridgehead atoms. The maximum absolute atomic E-state index is 12.0. The van der Waals surface area contributed by atoms with Crippen LogP contribution >= 0.6 is 15.9 Å². The molecular formula is C14H16BrNO3. The molecule has 1 aliphatic rings. The smallest absolute Gasteiger partial charge is 0.308 e. The standard InChI is InChI=1S/C14H16BrNO3/c1-8(2)11-6-10(15)3-4-12(11)16-7-9(14(18)19)5-13(16)17/h3-4,6,8-9H,5,7H2,1-2H3,(H,18,19). The number of carbonyl (C=O) groups excluding carboxylic acids is 1. The number of anilines is 1. The van der Waals surface area contributed by atoms with Gasteiger partial charge in [-0.25, -0.2) is 0 Å². The van der Waals surface area contributed by atoms with E-state index in [2.05, 4.69) is 29.8 Å². The highest BCUT2D eigenvalue weighted by atomic mass is 79.9. The van der Waals surface area contributed by atoms with Gasteiger partial charge in [0.05, 0.1) is 5.92 Å². The molecule has 0 saturated carbocycles. The highest BCUT2D eigenvalue weighted by molar-refractivity contribution is 9.10. The van der Waals surface area contributed by atoms with Crippen LogP contribution in [0.3, 0.4) is 0 Å². The van der Waals surface area contributed by atoms with Gasteiger partial charge in [0, 0.05) is 23.1 Å². The summed E-state index contributed by atoms with van der Waals surface area (Å²) in [5.41, 5.74) is 1.88. The van der Waals surface area contributed by atoms with Crippen LogP contribution in [0.4, 0.5) is 5.69 Å². The summed E-state index contributed by atoms with van der Waals surface area (Å²) in [5.74, 6) is -1.35. The van der Waals surface area contributed by atoms with E-state index in [1.807, 2.05) is 18.2 Å². The van der Waals surface area contributed by atoms with Gasteiger partial charge in [0.15, 0.2) is 0 Å². The minimum Gasteiger partial charge on any atom is -0.481 e. The Morgan fingerprint density at radius 3 is 2.68 bits per heavy atom. The van der Waals surface area contributed by atoms with Crippen LogP contribution in [0.15, 0.2) is 22.7 Å².